The lowest BCUT2D eigenvalue weighted by Gasteiger charge is -2.12. The Morgan fingerprint density at radius 2 is 1.91 bits per heavy atom. The number of hydrogen-bond donors (Lipinski definition) is 1. The van der Waals surface area contributed by atoms with E-state index in [0.29, 0.717) is 39.4 Å². The minimum atomic E-state index is -0.311. The zero-order valence-electron chi connectivity index (χ0n) is 12.9. The number of anilines is 1. The molecule has 2 aromatic carbocycles. The van der Waals surface area contributed by atoms with Crippen molar-refractivity contribution in [1.29, 1.82) is 0 Å². The lowest BCUT2D eigenvalue weighted by molar-refractivity contribution is 0.102. The van der Waals surface area contributed by atoms with E-state index in [2.05, 4.69) is 5.32 Å². The lowest BCUT2D eigenvalue weighted by Crippen LogP contribution is -2.12. The van der Waals surface area contributed by atoms with Crippen molar-refractivity contribution in [3.63, 3.8) is 0 Å². The summed E-state index contributed by atoms with van der Waals surface area (Å²) in [5, 5.41) is 3.64. The maximum absolute atomic E-state index is 12.4. The summed E-state index contributed by atoms with van der Waals surface area (Å²) >= 11 is 12.0. The summed E-state index contributed by atoms with van der Waals surface area (Å²) in [6.07, 6.45) is 0.888. The average Bonchev–Trinajstić information content (AvgIpc) is 2.56. The maximum Gasteiger partial charge on any atom is 0.255 e. The molecule has 122 valence electrons. The van der Waals surface area contributed by atoms with Crippen LogP contribution in [-0.2, 0) is 0 Å². The Bertz CT molecular complexity index is 704. The first-order chi connectivity index (χ1) is 11.0. The van der Waals surface area contributed by atoms with Crippen molar-refractivity contribution in [2.45, 2.75) is 13.3 Å². The number of carbonyl (C=O) groups is 1. The molecule has 0 spiro atoms. The van der Waals surface area contributed by atoms with Crippen LogP contribution in [0.2, 0.25) is 10.0 Å². The van der Waals surface area contributed by atoms with Crippen LogP contribution in [0.5, 0.6) is 11.5 Å². The molecule has 0 saturated heterocycles. The fourth-order valence-corrected chi connectivity index (χ4v) is 2.26. The molecule has 0 heterocycles. The second kappa shape index (κ2) is 8.09. The Morgan fingerprint density at radius 1 is 1.13 bits per heavy atom. The number of amides is 1. The molecular formula is C17H17Cl2NO3. The van der Waals surface area contributed by atoms with Gasteiger partial charge in [-0.3, -0.25) is 4.79 Å². The second-order valence-corrected chi connectivity index (χ2v) is 5.64. The molecule has 0 radical (unpaired) electrons. The van der Waals surface area contributed by atoms with Crippen LogP contribution in [0, 0.1) is 0 Å². The van der Waals surface area contributed by atoms with Gasteiger partial charge in [0.1, 0.15) is 0 Å². The highest BCUT2D eigenvalue weighted by Gasteiger charge is 2.13. The summed E-state index contributed by atoms with van der Waals surface area (Å²) in [7, 11) is 1.53. The van der Waals surface area contributed by atoms with Crippen molar-refractivity contribution in [1.82, 2.24) is 0 Å². The number of rotatable bonds is 6. The van der Waals surface area contributed by atoms with Crippen LogP contribution < -0.4 is 14.8 Å². The third-order valence-corrected chi connectivity index (χ3v) is 3.63. The van der Waals surface area contributed by atoms with Gasteiger partial charge in [0.15, 0.2) is 11.5 Å². The van der Waals surface area contributed by atoms with Crippen molar-refractivity contribution in [2.75, 3.05) is 19.0 Å². The van der Waals surface area contributed by atoms with Gasteiger partial charge in [-0.1, -0.05) is 30.1 Å². The van der Waals surface area contributed by atoms with E-state index in [1.807, 2.05) is 6.92 Å². The summed E-state index contributed by atoms with van der Waals surface area (Å²) in [5.74, 6) is 0.796. The molecule has 1 amide bonds. The van der Waals surface area contributed by atoms with Gasteiger partial charge in [0.25, 0.3) is 5.91 Å². The van der Waals surface area contributed by atoms with E-state index in [0.717, 1.165) is 6.42 Å². The molecule has 6 heteroatoms. The second-order valence-electron chi connectivity index (χ2n) is 4.79. The van der Waals surface area contributed by atoms with Gasteiger partial charge in [-0.2, -0.15) is 0 Å². The molecule has 4 nitrogen and oxygen atoms in total. The molecule has 0 aliphatic carbocycles. The average molecular weight is 354 g/mol. The maximum atomic E-state index is 12.4. The Labute approximate surface area is 145 Å². The van der Waals surface area contributed by atoms with Gasteiger partial charge in [-0.15, -0.1) is 0 Å². The standard InChI is InChI=1S/C17H17Cl2NO3/c1-3-8-23-15-7-4-11(9-16(15)22-2)17(21)20-14-10-12(18)5-6-13(14)19/h4-7,9-10H,3,8H2,1-2H3,(H,20,21). The molecule has 0 saturated carbocycles. The van der Waals surface area contributed by atoms with Crippen LogP contribution >= 0.6 is 23.2 Å². The van der Waals surface area contributed by atoms with Gasteiger partial charge in [-0.25, -0.2) is 0 Å². The summed E-state index contributed by atoms with van der Waals surface area (Å²) in [6, 6.07) is 9.88. The highest BCUT2D eigenvalue weighted by molar-refractivity contribution is 6.35. The van der Waals surface area contributed by atoms with Crippen LogP contribution in [0.3, 0.4) is 0 Å². The van der Waals surface area contributed by atoms with Crippen LogP contribution in [0.1, 0.15) is 23.7 Å². The lowest BCUT2D eigenvalue weighted by atomic mass is 10.2. The molecule has 0 aliphatic rings. The van der Waals surface area contributed by atoms with Gasteiger partial charge in [0.2, 0.25) is 0 Å². The van der Waals surface area contributed by atoms with Gasteiger partial charge in [-0.05, 0) is 42.8 Å². The molecule has 2 aromatic rings. The zero-order valence-corrected chi connectivity index (χ0v) is 14.4. The third kappa shape index (κ3) is 4.53. The van der Waals surface area contributed by atoms with Crippen LogP contribution in [0.4, 0.5) is 5.69 Å². The van der Waals surface area contributed by atoms with E-state index in [4.69, 9.17) is 32.7 Å². The molecular weight excluding hydrogens is 337 g/mol. The van der Waals surface area contributed by atoms with Gasteiger partial charge in [0, 0.05) is 10.6 Å². The number of halogens is 2. The van der Waals surface area contributed by atoms with Crippen molar-refractivity contribution < 1.29 is 14.3 Å². The van der Waals surface area contributed by atoms with Crippen molar-refractivity contribution in [2.24, 2.45) is 0 Å². The van der Waals surface area contributed by atoms with Crippen molar-refractivity contribution in [3.05, 3.63) is 52.0 Å². The molecule has 0 aromatic heterocycles. The quantitative estimate of drug-likeness (QED) is 0.790. The van der Waals surface area contributed by atoms with Crippen molar-refractivity contribution >= 4 is 34.8 Å². The summed E-state index contributed by atoms with van der Waals surface area (Å²) in [5.41, 5.74) is 0.885. The third-order valence-electron chi connectivity index (χ3n) is 3.06. The number of ether oxygens (including phenoxy) is 2. The highest BCUT2D eigenvalue weighted by atomic mass is 35.5. The van der Waals surface area contributed by atoms with E-state index in [-0.39, 0.29) is 5.91 Å². The number of benzene rings is 2. The van der Waals surface area contributed by atoms with E-state index in [9.17, 15) is 4.79 Å². The topological polar surface area (TPSA) is 47.6 Å². The molecule has 23 heavy (non-hydrogen) atoms. The van der Waals surface area contributed by atoms with E-state index < -0.39 is 0 Å². The number of hydrogen-bond acceptors (Lipinski definition) is 3. The first-order valence-corrected chi connectivity index (χ1v) is 7.88. The van der Waals surface area contributed by atoms with E-state index in [1.165, 1.54) is 7.11 Å². The fourth-order valence-electron chi connectivity index (χ4n) is 1.93. The minimum Gasteiger partial charge on any atom is -0.493 e. The van der Waals surface area contributed by atoms with E-state index in [1.54, 1.807) is 36.4 Å². The van der Waals surface area contributed by atoms with Crippen LogP contribution in [0.25, 0.3) is 0 Å². The Kier molecular flexibility index (Phi) is 6.13. The van der Waals surface area contributed by atoms with Gasteiger partial charge < -0.3 is 14.8 Å². The summed E-state index contributed by atoms with van der Waals surface area (Å²) in [4.78, 5) is 12.4. The molecule has 0 fully saturated rings. The summed E-state index contributed by atoms with van der Waals surface area (Å²) in [6.45, 7) is 2.60. The zero-order chi connectivity index (χ0) is 16.8. The monoisotopic (exact) mass is 353 g/mol. The van der Waals surface area contributed by atoms with Crippen molar-refractivity contribution in [3.8, 4) is 11.5 Å². The Hall–Kier alpha value is -1.91. The molecule has 0 unspecified atom stereocenters. The Morgan fingerprint density at radius 3 is 2.61 bits per heavy atom. The first kappa shape index (κ1) is 17.4. The number of nitrogens with one attached hydrogen (secondary N) is 1. The first-order valence-electron chi connectivity index (χ1n) is 7.12. The number of methoxy groups -OCH3 is 1. The molecule has 2 rings (SSSR count). The number of carbonyl (C=O) groups excluding carboxylic acids is 1. The van der Waals surface area contributed by atoms with Crippen LogP contribution in [-0.4, -0.2) is 19.6 Å². The summed E-state index contributed by atoms with van der Waals surface area (Å²) < 4.78 is 10.8. The van der Waals surface area contributed by atoms with Crippen LogP contribution in [0.15, 0.2) is 36.4 Å². The molecule has 0 bridgehead atoms. The SMILES string of the molecule is CCCOc1ccc(C(=O)Nc2cc(Cl)ccc2Cl)cc1OC. The molecule has 1 N–H and O–H groups in total. The predicted octanol–water partition coefficient (Wildman–Crippen LogP) is 5.04. The predicted molar refractivity (Wildman–Crippen MR) is 93.2 cm³/mol. The minimum absolute atomic E-state index is 0.311. The van der Waals surface area contributed by atoms with E-state index >= 15 is 0 Å². The molecule has 0 aliphatic heterocycles. The normalized spacial score (nSPS) is 10.3. The Balaban J connectivity index is 2.20. The smallest absolute Gasteiger partial charge is 0.255 e. The fraction of sp³-hybridized carbons (Fsp3) is 0.235. The van der Waals surface area contributed by atoms with Gasteiger partial charge >= 0.3 is 0 Å². The molecule has 0 atom stereocenters. The largest absolute Gasteiger partial charge is 0.493 e. The van der Waals surface area contributed by atoms with Gasteiger partial charge in [0.05, 0.1) is 24.4 Å². The highest BCUT2D eigenvalue weighted by Crippen LogP contribution is 2.30.